The fourth-order valence-electron chi connectivity index (χ4n) is 6.31. The number of rotatable bonds is 5. The van der Waals surface area contributed by atoms with Crippen LogP contribution in [0.2, 0.25) is 0 Å². The zero-order chi connectivity index (χ0) is 20.0. The molecule has 2 saturated heterocycles. The molecule has 0 aliphatic carbocycles. The van der Waals surface area contributed by atoms with E-state index in [2.05, 4.69) is 79.4 Å². The molecule has 2 heterocycles. The van der Waals surface area contributed by atoms with Gasteiger partial charge in [-0.3, -0.25) is 9.68 Å². The molecule has 2 aliphatic heterocycles. The van der Waals surface area contributed by atoms with Crippen LogP contribution in [0, 0.1) is 11.8 Å². The third kappa shape index (κ3) is 5.05. The lowest BCUT2D eigenvalue weighted by Crippen LogP contribution is -2.64. The first-order valence-electron chi connectivity index (χ1n) is 10.6. The summed E-state index contributed by atoms with van der Waals surface area (Å²) < 4.78 is 0. The average Bonchev–Trinajstić information content (AvgIpc) is 2.45. The number of nitrogens with zero attached hydrogens (tertiary/aromatic N) is 2. The van der Waals surface area contributed by atoms with Crippen LogP contribution in [0.1, 0.15) is 94.9 Å². The summed E-state index contributed by atoms with van der Waals surface area (Å²) in [5, 5.41) is 4.56. The molecular formula is C22H47N3O2. The van der Waals surface area contributed by atoms with E-state index in [9.17, 15) is 0 Å². The third-order valence-electron chi connectivity index (χ3n) is 6.43. The van der Waals surface area contributed by atoms with Gasteiger partial charge in [-0.25, -0.2) is 0 Å². The molecule has 0 radical (unpaired) electrons. The molecule has 162 valence electrons. The highest BCUT2D eigenvalue weighted by atomic mass is 16.7. The van der Waals surface area contributed by atoms with Gasteiger partial charge in [0.1, 0.15) is 0 Å². The van der Waals surface area contributed by atoms with Crippen molar-refractivity contribution in [1.82, 2.24) is 16.3 Å². The second-order valence-corrected chi connectivity index (χ2v) is 11.0. The number of hydrogen-bond acceptors (Lipinski definition) is 5. The van der Waals surface area contributed by atoms with E-state index in [0.717, 1.165) is 25.0 Å². The minimum absolute atomic E-state index is 0. The predicted molar refractivity (Wildman–Crippen MR) is 114 cm³/mol. The molecule has 0 saturated carbocycles. The van der Waals surface area contributed by atoms with Crippen LogP contribution in [0.3, 0.4) is 0 Å². The Hall–Kier alpha value is -0.200. The van der Waals surface area contributed by atoms with Crippen molar-refractivity contribution in [3.63, 3.8) is 0 Å². The Bertz CT molecular complexity index is 408. The third-order valence-corrected chi connectivity index (χ3v) is 6.43. The molecule has 0 aromatic heterocycles. The molecule has 0 aromatic carbocycles. The van der Waals surface area contributed by atoms with Gasteiger partial charge >= 0.3 is 0 Å². The summed E-state index contributed by atoms with van der Waals surface area (Å²) in [6.45, 7) is 24.5. The Morgan fingerprint density at radius 3 is 1.00 bits per heavy atom. The van der Waals surface area contributed by atoms with Crippen LogP contribution in [0.5, 0.6) is 0 Å². The summed E-state index contributed by atoms with van der Waals surface area (Å²) in [5.74, 6) is 1.44. The van der Waals surface area contributed by atoms with Crippen LogP contribution >= 0.6 is 0 Å². The van der Waals surface area contributed by atoms with Gasteiger partial charge in [0.2, 0.25) is 0 Å². The van der Waals surface area contributed by atoms with Crippen molar-refractivity contribution in [2.24, 2.45) is 11.8 Å². The molecule has 3 N–H and O–H groups in total. The maximum absolute atomic E-state index is 6.09. The summed E-state index contributed by atoms with van der Waals surface area (Å²) >= 11 is 0. The molecule has 0 bridgehead atoms. The van der Waals surface area contributed by atoms with E-state index >= 15 is 0 Å². The van der Waals surface area contributed by atoms with Crippen molar-refractivity contribution in [2.75, 3.05) is 13.2 Å². The van der Waals surface area contributed by atoms with Gasteiger partial charge in [-0.15, -0.1) is 0 Å². The molecule has 2 aliphatic rings. The van der Waals surface area contributed by atoms with Crippen LogP contribution in [0.25, 0.3) is 0 Å². The highest BCUT2D eigenvalue weighted by molar-refractivity contribution is 5.03. The first kappa shape index (κ1) is 24.8. The van der Waals surface area contributed by atoms with Crippen molar-refractivity contribution >= 4 is 0 Å². The second kappa shape index (κ2) is 8.27. The molecule has 0 amide bonds. The molecule has 2 fully saturated rings. The molecule has 2 rings (SSSR count). The average molecular weight is 386 g/mol. The maximum atomic E-state index is 6.09. The van der Waals surface area contributed by atoms with Crippen molar-refractivity contribution < 1.29 is 9.68 Å². The number of piperidine rings is 2. The zero-order valence-corrected chi connectivity index (χ0v) is 19.8. The Morgan fingerprint density at radius 2 is 0.815 bits per heavy atom. The van der Waals surface area contributed by atoms with Crippen LogP contribution in [0.15, 0.2) is 0 Å². The Morgan fingerprint density at radius 1 is 0.593 bits per heavy atom. The fourth-order valence-corrected chi connectivity index (χ4v) is 6.31. The summed E-state index contributed by atoms with van der Waals surface area (Å²) in [5.41, 5.74) is 0.253. The van der Waals surface area contributed by atoms with Crippen molar-refractivity contribution in [1.29, 1.82) is 0 Å². The van der Waals surface area contributed by atoms with Crippen LogP contribution in [0.4, 0.5) is 0 Å². The zero-order valence-electron chi connectivity index (χ0n) is 19.8. The molecule has 0 unspecified atom stereocenters. The van der Waals surface area contributed by atoms with Crippen LogP contribution in [-0.2, 0) is 9.68 Å². The van der Waals surface area contributed by atoms with E-state index in [4.69, 9.17) is 9.68 Å². The normalized spacial score (nSPS) is 28.7. The smallest absolute Gasteiger partial charge is 0.0657 e. The molecule has 0 spiro atoms. The van der Waals surface area contributed by atoms with E-state index in [1.165, 1.54) is 25.7 Å². The van der Waals surface area contributed by atoms with Crippen LogP contribution < -0.4 is 6.15 Å². The highest BCUT2D eigenvalue weighted by Crippen LogP contribution is 2.51. The minimum Gasteiger partial charge on any atom is -0.344 e. The summed E-state index contributed by atoms with van der Waals surface area (Å²) in [7, 11) is 0. The Balaban J connectivity index is 0.00000364. The van der Waals surface area contributed by atoms with Gasteiger partial charge in [0.05, 0.1) is 13.2 Å². The van der Waals surface area contributed by atoms with E-state index in [0.29, 0.717) is 0 Å². The van der Waals surface area contributed by atoms with E-state index in [1.54, 1.807) is 0 Å². The molecule has 5 nitrogen and oxygen atoms in total. The van der Waals surface area contributed by atoms with Gasteiger partial charge in [-0.1, -0.05) is 0 Å². The quantitative estimate of drug-likeness (QED) is 0.668. The van der Waals surface area contributed by atoms with Crippen LogP contribution in [-0.4, -0.2) is 45.5 Å². The standard InChI is InChI=1S/C22H44N2O2.H3N/c1-11-25-23-19(3,4)13-17(14-20(23,5)6)18-15-21(7,8)24(26-12-2)22(9,10)16-18;/h17-18H,11-16H2,1-10H3;1H3. The maximum Gasteiger partial charge on any atom is 0.0657 e. The molecular weight excluding hydrogens is 338 g/mol. The van der Waals surface area contributed by atoms with Gasteiger partial charge in [0, 0.05) is 22.2 Å². The van der Waals surface area contributed by atoms with E-state index in [-0.39, 0.29) is 28.3 Å². The first-order valence-corrected chi connectivity index (χ1v) is 10.6. The molecule has 5 heteroatoms. The van der Waals surface area contributed by atoms with E-state index in [1.807, 2.05) is 0 Å². The first-order chi connectivity index (χ1) is 11.8. The SMILES string of the molecule is CCON1C(C)(C)CC(C2CC(C)(C)N(OCC)C(C)(C)C2)CC1(C)C.N. The lowest BCUT2D eigenvalue weighted by Gasteiger charge is -2.59. The topological polar surface area (TPSA) is 59.9 Å². The monoisotopic (exact) mass is 385 g/mol. The Labute approximate surface area is 168 Å². The van der Waals surface area contributed by atoms with Crippen molar-refractivity contribution in [3.05, 3.63) is 0 Å². The lowest BCUT2D eigenvalue weighted by molar-refractivity contribution is -0.303. The molecule has 27 heavy (non-hydrogen) atoms. The van der Waals surface area contributed by atoms with Gasteiger partial charge in [0.25, 0.3) is 0 Å². The minimum atomic E-state index is 0. The van der Waals surface area contributed by atoms with Crippen molar-refractivity contribution in [2.45, 2.75) is 117 Å². The molecule has 0 atom stereocenters. The van der Waals surface area contributed by atoms with Gasteiger partial charge in [0.15, 0.2) is 0 Å². The second-order valence-electron chi connectivity index (χ2n) is 11.0. The van der Waals surface area contributed by atoms with Crippen molar-refractivity contribution in [3.8, 4) is 0 Å². The summed E-state index contributed by atoms with van der Waals surface area (Å²) in [6.07, 6.45) is 4.79. The number of hydroxylamine groups is 4. The van der Waals surface area contributed by atoms with E-state index < -0.39 is 0 Å². The largest absolute Gasteiger partial charge is 0.344 e. The highest BCUT2D eigenvalue weighted by Gasteiger charge is 2.53. The number of hydrogen-bond donors (Lipinski definition) is 1. The fraction of sp³-hybridized carbons (Fsp3) is 1.00. The van der Waals surface area contributed by atoms with Gasteiger partial charge in [-0.2, -0.15) is 10.1 Å². The van der Waals surface area contributed by atoms with Gasteiger partial charge < -0.3 is 6.15 Å². The predicted octanol–water partition coefficient (Wildman–Crippen LogP) is 5.59. The summed E-state index contributed by atoms with van der Waals surface area (Å²) in [6, 6.07) is 0. The lowest BCUT2D eigenvalue weighted by atomic mass is 9.63. The summed E-state index contributed by atoms with van der Waals surface area (Å²) in [4.78, 5) is 12.2. The van der Waals surface area contributed by atoms with Gasteiger partial charge in [-0.05, 0) is 107 Å². The molecule has 0 aromatic rings. The Kier molecular flexibility index (Phi) is 7.61.